The predicted molar refractivity (Wildman–Crippen MR) is 132 cm³/mol. The Kier molecular flexibility index (Phi) is 7.17. The maximum atomic E-state index is 12.5. The molecule has 1 amide bonds. The molecule has 0 spiro atoms. The van der Waals surface area contributed by atoms with Gasteiger partial charge in [-0.05, 0) is 66.2 Å². The molecule has 34 heavy (non-hydrogen) atoms. The van der Waals surface area contributed by atoms with Crippen LogP contribution in [-0.2, 0) is 4.79 Å². The lowest BCUT2D eigenvalue weighted by Gasteiger charge is -2.20. The van der Waals surface area contributed by atoms with Gasteiger partial charge in [-0.1, -0.05) is 13.0 Å². The summed E-state index contributed by atoms with van der Waals surface area (Å²) in [6.07, 6.45) is 2.32. The summed E-state index contributed by atoms with van der Waals surface area (Å²) in [5, 5.41) is 15.4. The molecule has 0 atom stereocenters. The number of nitrogens with zero attached hydrogens (tertiary/aromatic N) is 3. The molecule has 0 radical (unpaired) electrons. The van der Waals surface area contributed by atoms with Crippen molar-refractivity contribution in [3.63, 3.8) is 0 Å². The second-order valence-corrected chi connectivity index (χ2v) is 8.19. The topological polar surface area (TPSA) is 106 Å². The number of carbonyl (C=O) groups excluding carboxylic acids is 1. The van der Waals surface area contributed by atoms with Gasteiger partial charge in [0, 0.05) is 0 Å². The number of methoxy groups -OCH3 is 2. The van der Waals surface area contributed by atoms with E-state index in [2.05, 4.69) is 10.1 Å². The van der Waals surface area contributed by atoms with Gasteiger partial charge in [-0.15, -0.1) is 0 Å². The molecule has 176 valence electrons. The van der Waals surface area contributed by atoms with Crippen molar-refractivity contribution in [1.29, 1.82) is 5.41 Å². The summed E-state index contributed by atoms with van der Waals surface area (Å²) in [7, 11) is 3.16. The van der Waals surface area contributed by atoms with Gasteiger partial charge in [-0.2, -0.15) is 15.1 Å². The van der Waals surface area contributed by atoms with Gasteiger partial charge in [0.1, 0.15) is 29.8 Å². The normalized spacial score (nSPS) is 16.2. The van der Waals surface area contributed by atoms with E-state index in [1.807, 2.05) is 31.2 Å². The zero-order chi connectivity index (χ0) is 24.1. The van der Waals surface area contributed by atoms with Crippen molar-refractivity contribution >= 4 is 39.8 Å². The van der Waals surface area contributed by atoms with Gasteiger partial charge in [-0.25, -0.2) is 0 Å². The molecule has 0 bridgehead atoms. The molecule has 9 nitrogen and oxygen atoms in total. The van der Waals surface area contributed by atoms with E-state index >= 15 is 0 Å². The van der Waals surface area contributed by atoms with Crippen LogP contribution in [0.15, 0.2) is 58.1 Å². The Morgan fingerprint density at radius 1 is 1.00 bits per heavy atom. The van der Waals surface area contributed by atoms with Crippen molar-refractivity contribution in [3.8, 4) is 23.0 Å². The van der Waals surface area contributed by atoms with Crippen LogP contribution in [0.25, 0.3) is 6.08 Å². The minimum atomic E-state index is -0.466. The zero-order valence-electron chi connectivity index (χ0n) is 19.0. The van der Waals surface area contributed by atoms with E-state index < -0.39 is 5.91 Å². The van der Waals surface area contributed by atoms with Crippen LogP contribution in [-0.4, -0.2) is 54.4 Å². The minimum Gasteiger partial charge on any atom is -0.497 e. The van der Waals surface area contributed by atoms with Gasteiger partial charge < -0.3 is 18.9 Å². The zero-order valence-corrected chi connectivity index (χ0v) is 19.8. The van der Waals surface area contributed by atoms with Crippen molar-refractivity contribution in [2.45, 2.75) is 13.3 Å². The molecule has 0 aliphatic carbocycles. The van der Waals surface area contributed by atoms with Gasteiger partial charge >= 0.3 is 0 Å². The van der Waals surface area contributed by atoms with E-state index in [1.54, 1.807) is 38.5 Å². The van der Waals surface area contributed by atoms with E-state index in [1.165, 1.54) is 16.8 Å². The number of ether oxygens (including phenoxy) is 4. The summed E-state index contributed by atoms with van der Waals surface area (Å²) in [6, 6.07) is 12.6. The second kappa shape index (κ2) is 10.4. The number of fused-ring (bicyclic) bond motifs is 1. The number of hydrogen-bond donors (Lipinski definition) is 1. The standard InChI is InChI=1S/C24H24N4O5S/c1-4-21-27-28-22(25)18(23(29)26-24(28)34-21)13-15-5-10-19(20(14-15)31-3)33-12-11-32-17-8-6-16(30-2)7-9-17/h5-10,13-14,25H,4,11-12H2,1-3H3. The maximum absolute atomic E-state index is 12.5. The molecule has 0 saturated heterocycles. The second-order valence-electron chi connectivity index (χ2n) is 7.15. The number of nitrogens with one attached hydrogen (secondary N) is 1. The minimum absolute atomic E-state index is 0.000856. The van der Waals surface area contributed by atoms with Crippen LogP contribution < -0.4 is 18.9 Å². The number of rotatable bonds is 9. The highest BCUT2D eigenvalue weighted by molar-refractivity contribution is 8.26. The number of aliphatic imine (C=N–C) groups is 1. The average molecular weight is 481 g/mol. The van der Waals surface area contributed by atoms with Gasteiger partial charge in [0.05, 0.1) is 19.8 Å². The van der Waals surface area contributed by atoms with Crippen molar-refractivity contribution in [3.05, 3.63) is 53.6 Å². The fourth-order valence-corrected chi connectivity index (χ4v) is 4.04. The molecule has 2 heterocycles. The quantitative estimate of drug-likeness (QED) is 0.424. The predicted octanol–water partition coefficient (Wildman–Crippen LogP) is 4.19. The molecule has 0 aromatic heterocycles. The monoisotopic (exact) mass is 480 g/mol. The first-order valence-corrected chi connectivity index (χ1v) is 11.4. The Morgan fingerprint density at radius 3 is 2.44 bits per heavy atom. The van der Waals surface area contributed by atoms with Gasteiger partial charge in [0.2, 0.25) is 5.17 Å². The summed E-state index contributed by atoms with van der Waals surface area (Å²) in [6.45, 7) is 2.63. The fourth-order valence-electron chi connectivity index (χ4n) is 3.22. The van der Waals surface area contributed by atoms with Gasteiger partial charge in [0.15, 0.2) is 17.3 Å². The first-order chi connectivity index (χ1) is 16.5. The van der Waals surface area contributed by atoms with E-state index in [-0.39, 0.29) is 11.4 Å². The lowest BCUT2D eigenvalue weighted by atomic mass is 10.1. The molecule has 2 aliphatic rings. The van der Waals surface area contributed by atoms with Crippen molar-refractivity contribution < 1.29 is 23.7 Å². The van der Waals surface area contributed by atoms with Crippen molar-refractivity contribution in [2.24, 2.45) is 10.1 Å². The molecule has 0 saturated carbocycles. The molecule has 2 aromatic rings. The maximum Gasteiger partial charge on any atom is 0.283 e. The van der Waals surface area contributed by atoms with Crippen LogP contribution >= 0.6 is 11.8 Å². The summed E-state index contributed by atoms with van der Waals surface area (Å²) in [5.74, 6) is 2.06. The van der Waals surface area contributed by atoms with Crippen LogP contribution in [0.4, 0.5) is 0 Å². The summed E-state index contributed by atoms with van der Waals surface area (Å²) >= 11 is 1.31. The number of hydrogen-bond acceptors (Lipinski definition) is 8. The smallest absolute Gasteiger partial charge is 0.283 e. The Balaban J connectivity index is 1.41. The summed E-state index contributed by atoms with van der Waals surface area (Å²) in [5.41, 5.74) is 0.839. The molecule has 1 N–H and O–H groups in total. The number of amides is 1. The number of hydrazone groups is 1. The third-order valence-corrected chi connectivity index (χ3v) is 6.02. The average Bonchev–Trinajstić information content (AvgIpc) is 3.28. The molecule has 2 aromatic carbocycles. The Hall–Kier alpha value is -3.79. The fraction of sp³-hybridized carbons (Fsp3) is 0.250. The molecule has 2 aliphatic heterocycles. The van der Waals surface area contributed by atoms with Crippen LogP contribution in [0.5, 0.6) is 23.0 Å². The molecular formula is C24H24N4O5S. The van der Waals surface area contributed by atoms with E-state index in [9.17, 15) is 4.79 Å². The molecule has 0 fully saturated rings. The SMILES string of the molecule is CCC1=NN2C(=N)C(=Cc3ccc(OCCOc4ccc(OC)cc4)c(OC)c3)C(=O)N=C2S1. The lowest BCUT2D eigenvalue weighted by molar-refractivity contribution is -0.114. The first kappa shape index (κ1) is 23.4. The Morgan fingerprint density at radius 2 is 1.74 bits per heavy atom. The lowest BCUT2D eigenvalue weighted by Crippen LogP contribution is -2.35. The molecule has 0 unspecified atom stereocenters. The highest BCUT2D eigenvalue weighted by atomic mass is 32.2. The van der Waals surface area contributed by atoms with E-state index in [0.717, 1.165) is 16.5 Å². The largest absolute Gasteiger partial charge is 0.497 e. The number of amidine groups is 2. The van der Waals surface area contributed by atoms with Gasteiger partial charge in [-0.3, -0.25) is 10.2 Å². The third kappa shape index (κ3) is 5.07. The van der Waals surface area contributed by atoms with Crippen LogP contribution in [0, 0.1) is 5.41 Å². The highest BCUT2D eigenvalue weighted by Gasteiger charge is 2.35. The number of thioether (sulfide) groups is 1. The van der Waals surface area contributed by atoms with Crippen LogP contribution in [0.1, 0.15) is 18.9 Å². The van der Waals surface area contributed by atoms with Crippen molar-refractivity contribution in [1.82, 2.24) is 5.01 Å². The van der Waals surface area contributed by atoms with E-state index in [0.29, 0.717) is 41.9 Å². The van der Waals surface area contributed by atoms with Crippen LogP contribution in [0.3, 0.4) is 0 Å². The Labute approximate surface area is 201 Å². The number of benzene rings is 2. The third-order valence-electron chi connectivity index (χ3n) is 4.97. The van der Waals surface area contributed by atoms with Crippen LogP contribution in [0.2, 0.25) is 0 Å². The molecule has 10 heteroatoms. The Bertz CT molecular complexity index is 1190. The van der Waals surface area contributed by atoms with Crippen molar-refractivity contribution in [2.75, 3.05) is 27.4 Å². The molecular weight excluding hydrogens is 456 g/mol. The molecule has 4 rings (SSSR count). The van der Waals surface area contributed by atoms with Gasteiger partial charge in [0.25, 0.3) is 5.91 Å². The van der Waals surface area contributed by atoms with E-state index in [4.69, 9.17) is 24.4 Å². The summed E-state index contributed by atoms with van der Waals surface area (Å²) in [4.78, 5) is 16.6. The highest BCUT2D eigenvalue weighted by Crippen LogP contribution is 2.32. The summed E-state index contributed by atoms with van der Waals surface area (Å²) < 4.78 is 22.1. The first-order valence-electron chi connectivity index (χ1n) is 10.6. The number of carbonyl (C=O) groups is 1.